The molecular formula is C21H23ClN2O3. The summed E-state index contributed by atoms with van der Waals surface area (Å²) in [4.78, 5) is 36.2. The minimum Gasteiger partial charge on any atom is -0.347 e. The molecule has 0 aliphatic heterocycles. The molecule has 2 rings (SSSR count). The van der Waals surface area contributed by atoms with Gasteiger partial charge in [0.05, 0.1) is 0 Å². The maximum absolute atomic E-state index is 12.1. The molecule has 0 atom stereocenters. The van der Waals surface area contributed by atoms with Crippen LogP contribution in [0, 0.1) is 0 Å². The molecule has 27 heavy (non-hydrogen) atoms. The van der Waals surface area contributed by atoms with E-state index in [9.17, 15) is 14.4 Å². The second-order valence-corrected chi connectivity index (χ2v) is 7.70. The Morgan fingerprint density at radius 3 is 1.96 bits per heavy atom. The second kappa shape index (κ2) is 8.82. The normalized spacial score (nSPS) is 11.0. The summed E-state index contributed by atoms with van der Waals surface area (Å²) in [6.07, 6.45) is 0.188. The van der Waals surface area contributed by atoms with E-state index in [0.717, 1.165) is 0 Å². The molecule has 2 N–H and O–H groups in total. The molecule has 142 valence electrons. The quantitative estimate of drug-likeness (QED) is 0.719. The molecule has 5 nitrogen and oxygen atoms in total. The maximum Gasteiger partial charge on any atom is 0.251 e. The van der Waals surface area contributed by atoms with Crippen molar-refractivity contribution in [3.05, 3.63) is 64.7 Å². The molecule has 2 aromatic rings. The molecule has 0 aliphatic rings. The number of hydrogen-bond donors (Lipinski definition) is 2. The summed E-state index contributed by atoms with van der Waals surface area (Å²) in [5, 5.41) is 6.16. The number of carbonyl (C=O) groups is 3. The summed E-state index contributed by atoms with van der Waals surface area (Å²) in [5.74, 6) is -0.547. The fraction of sp³-hybridized carbons (Fsp3) is 0.286. The van der Waals surface area contributed by atoms with E-state index in [1.54, 1.807) is 48.5 Å². The van der Waals surface area contributed by atoms with Crippen molar-refractivity contribution in [3.8, 4) is 0 Å². The van der Waals surface area contributed by atoms with E-state index in [1.807, 2.05) is 20.8 Å². The zero-order valence-corrected chi connectivity index (χ0v) is 16.4. The third-order valence-corrected chi connectivity index (χ3v) is 3.92. The van der Waals surface area contributed by atoms with Gasteiger partial charge in [-0.05, 0) is 69.3 Å². The number of hydrogen-bond acceptors (Lipinski definition) is 3. The van der Waals surface area contributed by atoms with Gasteiger partial charge < -0.3 is 10.6 Å². The van der Waals surface area contributed by atoms with E-state index in [0.29, 0.717) is 21.8 Å². The number of ketones is 1. The highest BCUT2D eigenvalue weighted by Gasteiger charge is 2.15. The first-order chi connectivity index (χ1) is 12.6. The van der Waals surface area contributed by atoms with Crippen molar-refractivity contribution >= 4 is 34.9 Å². The molecule has 0 heterocycles. The summed E-state index contributed by atoms with van der Waals surface area (Å²) >= 11 is 5.80. The molecule has 0 fully saturated rings. The summed E-state index contributed by atoms with van der Waals surface area (Å²) in [7, 11) is 0. The lowest BCUT2D eigenvalue weighted by Gasteiger charge is -2.20. The molecule has 2 aromatic carbocycles. The van der Waals surface area contributed by atoms with Crippen LogP contribution in [-0.2, 0) is 4.79 Å². The Morgan fingerprint density at radius 1 is 0.852 bits per heavy atom. The maximum atomic E-state index is 12.1. The predicted molar refractivity (Wildman–Crippen MR) is 107 cm³/mol. The Labute approximate surface area is 164 Å². The highest BCUT2D eigenvalue weighted by Crippen LogP contribution is 2.14. The number of carbonyl (C=O) groups excluding carboxylic acids is 3. The number of benzene rings is 2. The highest BCUT2D eigenvalue weighted by atomic mass is 35.5. The molecule has 0 spiro atoms. The van der Waals surface area contributed by atoms with Gasteiger partial charge in [-0.2, -0.15) is 0 Å². The monoisotopic (exact) mass is 386 g/mol. The van der Waals surface area contributed by atoms with Gasteiger partial charge in [0, 0.05) is 40.2 Å². The molecule has 0 aromatic heterocycles. The number of nitrogens with one attached hydrogen (secondary N) is 2. The minimum atomic E-state index is -0.319. The number of anilines is 1. The van der Waals surface area contributed by atoms with E-state index in [1.165, 1.54) is 0 Å². The molecular weight excluding hydrogens is 364 g/mol. The van der Waals surface area contributed by atoms with Gasteiger partial charge >= 0.3 is 0 Å². The van der Waals surface area contributed by atoms with Crippen LogP contribution in [0.3, 0.4) is 0 Å². The van der Waals surface area contributed by atoms with Gasteiger partial charge in [0.25, 0.3) is 5.91 Å². The second-order valence-electron chi connectivity index (χ2n) is 7.26. The Hall–Kier alpha value is -2.66. The van der Waals surface area contributed by atoms with E-state index in [-0.39, 0.29) is 36.0 Å². The molecule has 0 bridgehead atoms. The SMILES string of the molecule is CC(C)(C)NC(=O)c1ccc(NC(=O)CCC(=O)c2ccc(Cl)cc2)cc1. The lowest BCUT2D eigenvalue weighted by atomic mass is 10.1. The highest BCUT2D eigenvalue weighted by molar-refractivity contribution is 6.30. The van der Waals surface area contributed by atoms with Crippen LogP contribution in [0.1, 0.15) is 54.3 Å². The third-order valence-electron chi connectivity index (χ3n) is 3.66. The first kappa shape index (κ1) is 20.6. The largest absolute Gasteiger partial charge is 0.347 e. The number of Topliss-reactive ketones (excluding diaryl/α,β-unsaturated/α-hetero) is 1. The zero-order valence-electron chi connectivity index (χ0n) is 15.6. The molecule has 6 heteroatoms. The van der Waals surface area contributed by atoms with E-state index >= 15 is 0 Å². The van der Waals surface area contributed by atoms with Gasteiger partial charge in [-0.15, -0.1) is 0 Å². The third kappa shape index (κ3) is 6.87. The number of amides is 2. The summed E-state index contributed by atoms with van der Waals surface area (Å²) in [6.45, 7) is 5.72. The van der Waals surface area contributed by atoms with Crippen molar-refractivity contribution in [2.75, 3.05) is 5.32 Å². The predicted octanol–water partition coefficient (Wildman–Crippen LogP) is 4.47. The van der Waals surface area contributed by atoms with Crippen LogP contribution in [0.4, 0.5) is 5.69 Å². The average Bonchev–Trinajstić information content (AvgIpc) is 2.59. The molecule has 0 saturated heterocycles. The lowest BCUT2D eigenvalue weighted by molar-refractivity contribution is -0.116. The van der Waals surface area contributed by atoms with E-state index in [2.05, 4.69) is 10.6 Å². The van der Waals surface area contributed by atoms with Gasteiger partial charge in [-0.3, -0.25) is 14.4 Å². The Kier molecular flexibility index (Phi) is 6.75. The van der Waals surface area contributed by atoms with Crippen molar-refractivity contribution < 1.29 is 14.4 Å². The first-order valence-corrected chi connectivity index (χ1v) is 9.03. The number of halogens is 1. The van der Waals surface area contributed by atoms with Crippen LogP contribution >= 0.6 is 11.6 Å². The average molecular weight is 387 g/mol. The van der Waals surface area contributed by atoms with Gasteiger partial charge in [0.1, 0.15) is 0 Å². The van der Waals surface area contributed by atoms with E-state index < -0.39 is 0 Å². The van der Waals surface area contributed by atoms with Crippen molar-refractivity contribution in [3.63, 3.8) is 0 Å². The minimum absolute atomic E-state index is 0.0771. The summed E-state index contributed by atoms with van der Waals surface area (Å²) in [6, 6.07) is 13.2. The van der Waals surface area contributed by atoms with Gasteiger partial charge in [-0.25, -0.2) is 0 Å². The Bertz CT molecular complexity index is 822. The fourth-order valence-electron chi connectivity index (χ4n) is 2.35. The fourth-order valence-corrected chi connectivity index (χ4v) is 2.47. The molecule has 2 amide bonds. The number of rotatable bonds is 6. The van der Waals surface area contributed by atoms with E-state index in [4.69, 9.17) is 11.6 Å². The van der Waals surface area contributed by atoms with Crippen LogP contribution in [0.2, 0.25) is 5.02 Å². The van der Waals surface area contributed by atoms with Gasteiger partial charge in [0.2, 0.25) is 5.91 Å². The Balaban J connectivity index is 1.86. The summed E-state index contributed by atoms with van der Waals surface area (Å²) in [5.41, 5.74) is 1.30. The van der Waals surface area contributed by atoms with Crippen LogP contribution in [0.25, 0.3) is 0 Å². The van der Waals surface area contributed by atoms with Gasteiger partial charge in [-0.1, -0.05) is 11.6 Å². The smallest absolute Gasteiger partial charge is 0.251 e. The molecule has 0 unspecified atom stereocenters. The first-order valence-electron chi connectivity index (χ1n) is 8.65. The van der Waals surface area contributed by atoms with Crippen LogP contribution < -0.4 is 10.6 Å². The molecule has 0 aliphatic carbocycles. The molecule has 0 saturated carbocycles. The zero-order chi connectivity index (χ0) is 20.0. The van der Waals surface area contributed by atoms with Crippen molar-refractivity contribution in [2.45, 2.75) is 39.2 Å². The lowest BCUT2D eigenvalue weighted by Crippen LogP contribution is -2.40. The summed E-state index contributed by atoms with van der Waals surface area (Å²) < 4.78 is 0. The Morgan fingerprint density at radius 2 is 1.41 bits per heavy atom. The van der Waals surface area contributed by atoms with Crippen LogP contribution in [-0.4, -0.2) is 23.1 Å². The van der Waals surface area contributed by atoms with Crippen molar-refractivity contribution in [1.29, 1.82) is 0 Å². The standard InChI is InChI=1S/C21H23ClN2O3/c1-21(2,3)24-20(27)15-6-10-17(11-7-15)23-19(26)13-12-18(25)14-4-8-16(22)9-5-14/h4-11H,12-13H2,1-3H3,(H,23,26)(H,24,27). The molecule has 0 radical (unpaired) electrons. The van der Waals surface area contributed by atoms with Crippen LogP contribution in [0.15, 0.2) is 48.5 Å². The van der Waals surface area contributed by atoms with Crippen molar-refractivity contribution in [1.82, 2.24) is 5.32 Å². The van der Waals surface area contributed by atoms with Crippen molar-refractivity contribution in [2.24, 2.45) is 0 Å². The van der Waals surface area contributed by atoms with Crippen LogP contribution in [0.5, 0.6) is 0 Å². The van der Waals surface area contributed by atoms with Gasteiger partial charge in [0.15, 0.2) is 5.78 Å². The topological polar surface area (TPSA) is 75.3 Å².